The Morgan fingerprint density at radius 1 is 0.815 bits per heavy atom. The van der Waals surface area contributed by atoms with Crippen LogP contribution in [0.25, 0.3) is 17.2 Å². The standard InChI is InChI=1S/C23H17NO2S/c1-27-20-13-7-16(8-14-20)15-21-23(25)26-22(24-21)19-11-9-18(10-12-19)17-5-3-2-4-6-17/h2-15H,1H3/b21-15-. The number of nitrogens with zero attached hydrogens (tertiary/aromatic N) is 1. The third-order valence-corrected chi connectivity index (χ3v) is 5.02. The lowest BCUT2D eigenvalue weighted by Crippen LogP contribution is -2.05. The maximum absolute atomic E-state index is 12.2. The normalized spacial score (nSPS) is 14.9. The lowest BCUT2D eigenvalue weighted by Gasteiger charge is -2.03. The van der Waals surface area contributed by atoms with Gasteiger partial charge >= 0.3 is 5.97 Å². The third kappa shape index (κ3) is 3.86. The topological polar surface area (TPSA) is 38.7 Å². The molecule has 1 heterocycles. The number of cyclic esters (lactones) is 1. The van der Waals surface area contributed by atoms with Gasteiger partial charge in [0.25, 0.3) is 0 Å². The highest BCUT2D eigenvalue weighted by molar-refractivity contribution is 7.98. The Morgan fingerprint density at radius 3 is 2.11 bits per heavy atom. The fraction of sp³-hybridized carbons (Fsp3) is 0.0435. The van der Waals surface area contributed by atoms with E-state index >= 15 is 0 Å². The van der Waals surface area contributed by atoms with E-state index in [1.54, 1.807) is 17.8 Å². The molecule has 0 N–H and O–H groups in total. The Balaban J connectivity index is 1.58. The molecule has 0 bridgehead atoms. The molecule has 3 aromatic rings. The summed E-state index contributed by atoms with van der Waals surface area (Å²) in [5.74, 6) is -0.0855. The summed E-state index contributed by atoms with van der Waals surface area (Å²) in [5, 5.41) is 0. The highest BCUT2D eigenvalue weighted by Gasteiger charge is 2.24. The Hall–Kier alpha value is -3.11. The van der Waals surface area contributed by atoms with Crippen LogP contribution in [0.1, 0.15) is 11.1 Å². The van der Waals surface area contributed by atoms with E-state index in [1.807, 2.05) is 73.0 Å². The van der Waals surface area contributed by atoms with Crippen molar-refractivity contribution >= 4 is 29.7 Å². The van der Waals surface area contributed by atoms with Gasteiger partial charge in [-0.1, -0.05) is 54.6 Å². The van der Waals surface area contributed by atoms with Crippen molar-refractivity contribution in [2.75, 3.05) is 6.26 Å². The largest absolute Gasteiger partial charge is 0.402 e. The molecule has 0 aliphatic carbocycles. The average molecular weight is 371 g/mol. The molecule has 4 rings (SSSR count). The quantitative estimate of drug-likeness (QED) is 0.349. The van der Waals surface area contributed by atoms with E-state index in [9.17, 15) is 4.79 Å². The van der Waals surface area contributed by atoms with E-state index in [0.29, 0.717) is 11.6 Å². The van der Waals surface area contributed by atoms with Gasteiger partial charge in [-0.3, -0.25) is 0 Å². The molecule has 4 heteroatoms. The van der Waals surface area contributed by atoms with Crippen molar-refractivity contribution in [2.24, 2.45) is 4.99 Å². The Bertz CT molecular complexity index is 1020. The molecule has 0 aromatic heterocycles. The number of aliphatic imine (C=N–C) groups is 1. The van der Waals surface area contributed by atoms with Crippen LogP contribution in [0, 0.1) is 0 Å². The minimum absolute atomic E-state index is 0.314. The smallest absolute Gasteiger partial charge is 0.363 e. The van der Waals surface area contributed by atoms with Crippen molar-refractivity contribution in [3.63, 3.8) is 0 Å². The summed E-state index contributed by atoms with van der Waals surface area (Å²) in [6.07, 6.45) is 3.78. The monoisotopic (exact) mass is 371 g/mol. The number of carbonyl (C=O) groups excluding carboxylic acids is 1. The Morgan fingerprint density at radius 2 is 1.44 bits per heavy atom. The number of benzene rings is 3. The van der Waals surface area contributed by atoms with Crippen LogP contribution in [0.3, 0.4) is 0 Å². The van der Waals surface area contributed by atoms with Gasteiger partial charge in [0.2, 0.25) is 5.90 Å². The Labute approximate surface area is 162 Å². The summed E-state index contributed by atoms with van der Waals surface area (Å²) in [7, 11) is 0. The fourth-order valence-electron chi connectivity index (χ4n) is 2.83. The summed E-state index contributed by atoms with van der Waals surface area (Å²) >= 11 is 1.68. The molecular weight excluding hydrogens is 354 g/mol. The van der Waals surface area contributed by atoms with Crippen LogP contribution in [0.4, 0.5) is 0 Å². The predicted octanol–water partition coefficient (Wildman–Crippen LogP) is 5.42. The molecule has 0 spiro atoms. The van der Waals surface area contributed by atoms with Gasteiger partial charge < -0.3 is 4.74 Å². The molecule has 0 radical (unpaired) electrons. The summed E-state index contributed by atoms with van der Waals surface area (Å²) in [5.41, 5.74) is 4.26. The van der Waals surface area contributed by atoms with Crippen LogP contribution in [0.15, 0.2) is 94.4 Å². The molecule has 0 amide bonds. The predicted molar refractivity (Wildman–Crippen MR) is 111 cm³/mol. The lowest BCUT2D eigenvalue weighted by molar-refractivity contribution is -0.129. The number of thioether (sulfide) groups is 1. The average Bonchev–Trinajstić information content (AvgIpc) is 3.10. The van der Waals surface area contributed by atoms with Crippen LogP contribution in [-0.2, 0) is 9.53 Å². The number of esters is 1. The van der Waals surface area contributed by atoms with Gasteiger partial charge in [-0.05, 0) is 53.3 Å². The van der Waals surface area contributed by atoms with Crippen molar-refractivity contribution in [2.45, 2.75) is 4.90 Å². The van der Waals surface area contributed by atoms with E-state index in [1.165, 1.54) is 4.90 Å². The van der Waals surface area contributed by atoms with E-state index in [4.69, 9.17) is 4.74 Å². The van der Waals surface area contributed by atoms with Crippen LogP contribution in [-0.4, -0.2) is 18.1 Å². The number of hydrogen-bond acceptors (Lipinski definition) is 4. The van der Waals surface area contributed by atoms with Gasteiger partial charge in [-0.2, -0.15) is 0 Å². The van der Waals surface area contributed by atoms with Crippen LogP contribution in [0.2, 0.25) is 0 Å². The first-order chi connectivity index (χ1) is 13.2. The van der Waals surface area contributed by atoms with Gasteiger partial charge in [0.1, 0.15) is 0 Å². The highest BCUT2D eigenvalue weighted by Crippen LogP contribution is 2.23. The zero-order valence-corrected chi connectivity index (χ0v) is 15.6. The molecule has 1 aliphatic heterocycles. The van der Waals surface area contributed by atoms with Crippen molar-refractivity contribution in [3.05, 3.63) is 95.7 Å². The van der Waals surface area contributed by atoms with Gasteiger partial charge in [0.15, 0.2) is 5.70 Å². The first kappa shape index (κ1) is 17.3. The summed E-state index contributed by atoms with van der Waals surface area (Å²) in [6.45, 7) is 0. The first-order valence-corrected chi connectivity index (χ1v) is 9.78. The molecule has 3 aromatic carbocycles. The lowest BCUT2D eigenvalue weighted by atomic mass is 10.0. The third-order valence-electron chi connectivity index (χ3n) is 4.28. The van der Waals surface area contributed by atoms with E-state index in [2.05, 4.69) is 17.1 Å². The maximum Gasteiger partial charge on any atom is 0.363 e. The molecule has 3 nitrogen and oxygen atoms in total. The van der Waals surface area contributed by atoms with Gasteiger partial charge in [0.05, 0.1) is 0 Å². The zero-order chi connectivity index (χ0) is 18.6. The minimum Gasteiger partial charge on any atom is -0.402 e. The zero-order valence-electron chi connectivity index (χ0n) is 14.8. The summed E-state index contributed by atoms with van der Waals surface area (Å²) in [4.78, 5) is 17.7. The summed E-state index contributed by atoms with van der Waals surface area (Å²) in [6, 6.07) is 26.0. The first-order valence-electron chi connectivity index (χ1n) is 8.55. The van der Waals surface area contributed by atoms with Crippen LogP contribution >= 0.6 is 11.8 Å². The molecule has 27 heavy (non-hydrogen) atoms. The van der Waals surface area contributed by atoms with Crippen LogP contribution in [0.5, 0.6) is 0 Å². The molecule has 0 saturated carbocycles. The molecular formula is C23H17NO2S. The molecule has 1 aliphatic rings. The van der Waals surface area contributed by atoms with E-state index < -0.39 is 5.97 Å². The second-order valence-corrected chi connectivity index (χ2v) is 6.93. The van der Waals surface area contributed by atoms with Gasteiger partial charge in [-0.25, -0.2) is 9.79 Å². The second-order valence-electron chi connectivity index (χ2n) is 6.05. The van der Waals surface area contributed by atoms with Crippen molar-refractivity contribution in [1.29, 1.82) is 0 Å². The SMILES string of the molecule is CSc1ccc(/C=C2\N=C(c3ccc(-c4ccccc4)cc3)OC2=O)cc1. The van der Waals surface area contributed by atoms with Crippen molar-refractivity contribution in [3.8, 4) is 11.1 Å². The molecule has 0 saturated heterocycles. The van der Waals surface area contributed by atoms with Gasteiger partial charge in [-0.15, -0.1) is 11.8 Å². The number of hydrogen-bond donors (Lipinski definition) is 0. The molecule has 0 fully saturated rings. The number of ether oxygens (including phenoxy) is 1. The number of carbonyl (C=O) groups is 1. The van der Waals surface area contributed by atoms with E-state index in [-0.39, 0.29) is 0 Å². The minimum atomic E-state index is -0.425. The van der Waals surface area contributed by atoms with Gasteiger partial charge in [0, 0.05) is 10.5 Å². The number of rotatable bonds is 4. The Kier molecular flexibility index (Phi) is 4.90. The molecule has 132 valence electrons. The highest BCUT2D eigenvalue weighted by atomic mass is 32.2. The van der Waals surface area contributed by atoms with Crippen molar-refractivity contribution < 1.29 is 9.53 Å². The van der Waals surface area contributed by atoms with Crippen LogP contribution < -0.4 is 0 Å². The van der Waals surface area contributed by atoms with Crippen molar-refractivity contribution in [1.82, 2.24) is 0 Å². The molecule has 0 unspecified atom stereocenters. The second kappa shape index (κ2) is 7.64. The van der Waals surface area contributed by atoms with E-state index in [0.717, 1.165) is 22.3 Å². The maximum atomic E-state index is 12.2. The fourth-order valence-corrected chi connectivity index (χ4v) is 3.23. The molecule has 0 atom stereocenters. The summed E-state index contributed by atoms with van der Waals surface area (Å²) < 4.78 is 5.36.